The summed E-state index contributed by atoms with van der Waals surface area (Å²) in [6.45, 7) is 4.12. The van der Waals surface area contributed by atoms with E-state index in [9.17, 15) is 0 Å². The Morgan fingerprint density at radius 2 is 1.44 bits per heavy atom. The summed E-state index contributed by atoms with van der Waals surface area (Å²) in [6.07, 6.45) is 0. The number of nitrogens with two attached hydrogens (primary N) is 2. The molecule has 0 heterocycles. The van der Waals surface area contributed by atoms with Gasteiger partial charge in [-0.15, -0.1) is 0 Å². The van der Waals surface area contributed by atoms with Crippen LogP contribution in [-0.4, -0.2) is 0 Å². The zero-order valence-electron chi connectivity index (χ0n) is 9.62. The fourth-order valence-corrected chi connectivity index (χ4v) is 1.75. The van der Waals surface area contributed by atoms with E-state index in [0.717, 1.165) is 28.1 Å². The van der Waals surface area contributed by atoms with E-state index >= 15 is 0 Å². The van der Waals surface area contributed by atoms with Crippen molar-refractivity contribution >= 4 is 11.4 Å². The van der Waals surface area contributed by atoms with Crippen LogP contribution in [0.4, 0.5) is 11.4 Å². The smallest absolute Gasteiger partial charge is 0.0426 e. The molecule has 2 nitrogen and oxygen atoms in total. The maximum absolute atomic E-state index is 6.12. The lowest BCUT2D eigenvalue weighted by molar-refractivity contribution is 1.34. The van der Waals surface area contributed by atoms with E-state index in [1.807, 2.05) is 31.2 Å². The van der Waals surface area contributed by atoms with E-state index < -0.39 is 0 Å². The number of nitrogen functional groups attached to an aromatic ring is 2. The van der Waals surface area contributed by atoms with Gasteiger partial charge in [-0.1, -0.05) is 24.3 Å². The minimum absolute atomic E-state index is 0.770. The van der Waals surface area contributed by atoms with Gasteiger partial charge in [-0.3, -0.25) is 0 Å². The second kappa shape index (κ2) is 3.89. The van der Waals surface area contributed by atoms with Crippen molar-refractivity contribution in [3.8, 4) is 11.1 Å². The van der Waals surface area contributed by atoms with Crippen molar-refractivity contribution in [2.24, 2.45) is 0 Å². The first-order chi connectivity index (χ1) is 7.59. The number of aryl methyl sites for hydroxylation is 1. The molecule has 0 saturated carbocycles. The average molecular weight is 212 g/mol. The van der Waals surface area contributed by atoms with Crippen molar-refractivity contribution in [1.29, 1.82) is 0 Å². The van der Waals surface area contributed by atoms with Crippen molar-refractivity contribution < 1.29 is 0 Å². The van der Waals surface area contributed by atoms with Gasteiger partial charge in [-0.2, -0.15) is 0 Å². The molecule has 4 N–H and O–H groups in total. The highest BCUT2D eigenvalue weighted by Crippen LogP contribution is 2.30. The Labute approximate surface area is 95.9 Å². The molecule has 0 saturated heterocycles. The van der Waals surface area contributed by atoms with E-state index in [-0.39, 0.29) is 0 Å². The van der Waals surface area contributed by atoms with Gasteiger partial charge >= 0.3 is 0 Å². The molecular weight excluding hydrogens is 196 g/mol. The zero-order valence-corrected chi connectivity index (χ0v) is 9.62. The molecule has 0 fully saturated rings. The molecule has 0 unspecified atom stereocenters. The lowest BCUT2D eigenvalue weighted by Crippen LogP contribution is -1.96. The van der Waals surface area contributed by atoms with Gasteiger partial charge in [0.25, 0.3) is 0 Å². The fraction of sp³-hybridized carbons (Fsp3) is 0.143. The first-order valence-corrected chi connectivity index (χ1v) is 5.31. The number of anilines is 2. The van der Waals surface area contributed by atoms with E-state index in [0.29, 0.717) is 0 Å². The minimum Gasteiger partial charge on any atom is -0.399 e. The molecular formula is C14H16N2. The molecule has 0 amide bonds. The predicted octanol–water partition coefficient (Wildman–Crippen LogP) is 3.13. The molecule has 2 aromatic rings. The third-order valence-corrected chi connectivity index (χ3v) is 3.01. The Kier molecular flexibility index (Phi) is 2.57. The van der Waals surface area contributed by atoms with E-state index in [1.54, 1.807) is 0 Å². The monoisotopic (exact) mass is 212 g/mol. The Morgan fingerprint density at radius 1 is 0.812 bits per heavy atom. The van der Waals surface area contributed by atoms with Crippen LogP contribution in [0, 0.1) is 13.8 Å². The van der Waals surface area contributed by atoms with Crippen LogP contribution in [0.25, 0.3) is 11.1 Å². The highest BCUT2D eigenvalue weighted by molar-refractivity contribution is 5.79. The van der Waals surface area contributed by atoms with Gasteiger partial charge in [0.1, 0.15) is 0 Å². The van der Waals surface area contributed by atoms with Crippen LogP contribution in [0.1, 0.15) is 11.1 Å². The van der Waals surface area contributed by atoms with Crippen LogP contribution < -0.4 is 11.5 Å². The van der Waals surface area contributed by atoms with E-state index in [4.69, 9.17) is 11.5 Å². The summed E-state index contributed by atoms with van der Waals surface area (Å²) in [5, 5.41) is 0. The molecule has 16 heavy (non-hydrogen) atoms. The summed E-state index contributed by atoms with van der Waals surface area (Å²) in [6, 6.07) is 11.9. The molecule has 0 radical (unpaired) electrons. The summed E-state index contributed by atoms with van der Waals surface area (Å²) in [4.78, 5) is 0. The van der Waals surface area contributed by atoms with E-state index in [2.05, 4.69) is 19.1 Å². The van der Waals surface area contributed by atoms with Crippen LogP contribution in [0.3, 0.4) is 0 Å². The van der Waals surface area contributed by atoms with Crippen LogP contribution in [0.2, 0.25) is 0 Å². The van der Waals surface area contributed by atoms with E-state index in [1.165, 1.54) is 5.56 Å². The number of rotatable bonds is 1. The summed E-state index contributed by atoms with van der Waals surface area (Å²) in [7, 11) is 0. The quantitative estimate of drug-likeness (QED) is 0.713. The summed E-state index contributed by atoms with van der Waals surface area (Å²) in [5.74, 6) is 0. The molecule has 82 valence electrons. The molecule has 0 aliphatic heterocycles. The first kappa shape index (κ1) is 10.6. The molecule has 0 bridgehead atoms. The van der Waals surface area contributed by atoms with Crippen molar-refractivity contribution in [3.63, 3.8) is 0 Å². The van der Waals surface area contributed by atoms with Gasteiger partial charge in [0, 0.05) is 16.9 Å². The standard InChI is InChI=1S/C14H16N2/c1-9-3-8-13(14(16)10(9)2)11-4-6-12(15)7-5-11/h3-8H,15-16H2,1-2H3. The number of hydrogen-bond acceptors (Lipinski definition) is 2. The third kappa shape index (κ3) is 1.74. The molecule has 0 aliphatic carbocycles. The lowest BCUT2D eigenvalue weighted by atomic mass is 9.98. The van der Waals surface area contributed by atoms with Crippen molar-refractivity contribution in [3.05, 3.63) is 47.5 Å². The molecule has 0 aromatic heterocycles. The van der Waals surface area contributed by atoms with Gasteiger partial charge in [-0.05, 0) is 42.7 Å². The van der Waals surface area contributed by atoms with Crippen LogP contribution in [-0.2, 0) is 0 Å². The Bertz CT molecular complexity index is 513. The Morgan fingerprint density at radius 3 is 2.06 bits per heavy atom. The molecule has 2 aromatic carbocycles. The molecule has 0 spiro atoms. The Balaban J connectivity index is 2.57. The second-order valence-corrected chi connectivity index (χ2v) is 4.09. The maximum Gasteiger partial charge on any atom is 0.0426 e. The van der Waals surface area contributed by atoms with Crippen molar-refractivity contribution in [1.82, 2.24) is 0 Å². The fourth-order valence-electron chi connectivity index (χ4n) is 1.75. The average Bonchev–Trinajstić information content (AvgIpc) is 2.28. The second-order valence-electron chi connectivity index (χ2n) is 4.09. The third-order valence-electron chi connectivity index (χ3n) is 3.01. The highest BCUT2D eigenvalue weighted by Gasteiger charge is 2.06. The first-order valence-electron chi connectivity index (χ1n) is 5.31. The molecule has 0 atom stereocenters. The lowest BCUT2D eigenvalue weighted by Gasteiger charge is -2.11. The topological polar surface area (TPSA) is 52.0 Å². The zero-order chi connectivity index (χ0) is 11.7. The summed E-state index contributed by atoms with van der Waals surface area (Å²) >= 11 is 0. The van der Waals surface area contributed by atoms with Crippen LogP contribution in [0.5, 0.6) is 0 Å². The van der Waals surface area contributed by atoms with Gasteiger partial charge in [0.15, 0.2) is 0 Å². The molecule has 0 aliphatic rings. The van der Waals surface area contributed by atoms with Crippen molar-refractivity contribution in [2.45, 2.75) is 13.8 Å². The van der Waals surface area contributed by atoms with Gasteiger partial charge in [0.2, 0.25) is 0 Å². The van der Waals surface area contributed by atoms with Gasteiger partial charge < -0.3 is 11.5 Å². The largest absolute Gasteiger partial charge is 0.399 e. The van der Waals surface area contributed by atoms with Gasteiger partial charge in [-0.25, -0.2) is 0 Å². The normalized spacial score (nSPS) is 10.4. The van der Waals surface area contributed by atoms with Gasteiger partial charge in [0.05, 0.1) is 0 Å². The van der Waals surface area contributed by atoms with Crippen molar-refractivity contribution in [2.75, 3.05) is 11.5 Å². The maximum atomic E-state index is 6.12. The minimum atomic E-state index is 0.770. The molecule has 2 rings (SSSR count). The van der Waals surface area contributed by atoms with Crippen LogP contribution >= 0.6 is 0 Å². The van der Waals surface area contributed by atoms with Crippen LogP contribution in [0.15, 0.2) is 36.4 Å². The Hall–Kier alpha value is -1.96. The number of benzene rings is 2. The summed E-state index contributed by atoms with van der Waals surface area (Å²) in [5.41, 5.74) is 18.0. The highest BCUT2D eigenvalue weighted by atomic mass is 14.6. The predicted molar refractivity (Wildman–Crippen MR) is 70.2 cm³/mol. The SMILES string of the molecule is Cc1ccc(-c2ccc(N)cc2)c(N)c1C. The number of hydrogen-bond donors (Lipinski definition) is 2. The summed E-state index contributed by atoms with van der Waals surface area (Å²) < 4.78 is 0. The molecule has 2 heteroatoms.